The third kappa shape index (κ3) is 3.82. The number of ether oxygens (including phenoxy) is 1. The van der Waals surface area contributed by atoms with Gasteiger partial charge in [-0.15, -0.1) is 0 Å². The Morgan fingerprint density at radius 1 is 1.20 bits per heavy atom. The molecule has 2 unspecified atom stereocenters. The van der Waals surface area contributed by atoms with Gasteiger partial charge in [0.25, 0.3) is 0 Å². The maximum atomic E-state index is 11.5. The van der Waals surface area contributed by atoms with Crippen LogP contribution in [0.5, 0.6) is 0 Å². The molecule has 0 aliphatic carbocycles. The summed E-state index contributed by atoms with van der Waals surface area (Å²) in [5.74, 6) is 0. The van der Waals surface area contributed by atoms with Crippen LogP contribution in [0.3, 0.4) is 0 Å². The summed E-state index contributed by atoms with van der Waals surface area (Å²) in [6, 6.07) is 16.4. The summed E-state index contributed by atoms with van der Waals surface area (Å²) in [6.45, 7) is 3.18. The Bertz CT molecular complexity index is 907. The van der Waals surface area contributed by atoms with Gasteiger partial charge >= 0.3 is 0 Å². The lowest BCUT2D eigenvalue weighted by Gasteiger charge is -2.38. The van der Waals surface area contributed by atoms with Crippen molar-refractivity contribution in [3.8, 4) is 6.07 Å². The molecular formula is C18H19N3O3S. The van der Waals surface area contributed by atoms with Gasteiger partial charge in [0.15, 0.2) is 0 Å². The molecule has 25 heavy (non-hydrogen) atoms. The van der Waals surface area contributed by atoms with Crippen molar-refractivity contribution in [2.24, 2.45) is 5.14 Å². The van der Waals surface area contributed by atoms with E-state index in [4.69, 9.17) is 9.88 Å². The largest absolute Gasteiger partial charge is 0.367 e. The van der Waals surface area contributed by atoms with E-state index in [-0.39, 0.29) is 22.7 Å². The molecule has 1 aliphatic heterocycles. The molecule has 3 rings (SSSR count). The maximum absolute atomic E-state index is 11.5. The van der Waals surface area contributed by atoms with Crippen molar-refractivity contribution in [3.05, 3.63) is 59.7 Å². The smallest absolute Gasteiger partial charge is 0.238 e. The van der Waals surface area contributed by atoms with Gasteiger partial charge in [-0.3, -0.25) is 0 Å². The lowest BCUT2D eigenvalue weighted by Crippen LogP contribution is -2.43. The minimum atomic E-state index is -3.84. The normalized spacial score (nSPS) is 20.9. The van der Waals surface area contributed by atoms with Gasteiger partial charge < -0.3 is 9.64 Å². The van der Waals surface area contributed by atoms with E-state index < -0.39 is 10.0 Å². The van der Waals surface area contributed by atoms with E-state index >= 15 is 0 Å². The van der Waals surface area contributed by atoms with Crippen molar-refractivity contribution in [1.29, 1.82) is 5.26 Å². The van der Waals surface area contributed by atoms with Crippen LogP contribution in [0.2, 0.25) is 0 Å². The minimum Gasteiger partial charge on any atom is -0.367 e. The van der Waals surface area contributed by atoms with Crippen LogP contribution >= 0.6 is 0 Å². The van der Waals surface area contributed by atoms with E-state index in [1.54, 1.807) is 6.07 Å². The Labute approximate surface area is 147 Å². The molecule has 130 valence electrons. The van der Waals surface area contributed by atoms with Crippen LogP contribution in [0.25, 0.3) is 0 Å². The van der Waals surface area contributed by atoms with Crippen LogP contribution in [-0.4, -0.2) is 27.6 Å². The molecule has 0 radical (unpaired) electrons. The number of benzene rings is 2. The summed E-state index contributed by atoms with van der Waals surface area (Å²) in [6.07, 6.45) is -0.141. The number of morpholine rings is 1. The highest BCUT2D eigenvalue weighted by molar-refractivity contribution is 7.89. The summed E-state index contributed by atoms with van der Waals surface area (Å²) in [5.41, 5.74) is 2.04. The summed E-state index contributed by atoms with van der Waals surface area (Å²) in [5, 5.41) is 14.6. The zero-order chi connectivity index (χ0) is 18.0. The minimum absolute atomic E-state index is 0.0246. The van der Waals surface area contributed by atoms with Crippen LogP contribution in [0.1, 0.15) is 24.2 Å². The zero-order valence-corrected chi connectivity index (χ0v) is 14.6. The molecule has 1 heterocycles. The van der Waals surface area contributed by atoms with Crippen molar-refractivity contribution in [2.75, 3.05) is 18.0 Å². The zero-order valence-electron chi connectivity index (χ0n) is 13.8. The Hall–Kier alpha value is -2.40. The number of hydrogen-bond donors (Lipinski definition) is 1. The average Bonchev–Trinajstić information content (AvgIpc) is 2.60. The molecule has 0 bridgehead atoms. The number of hydrogen-bond acceptors (Lipinski definition) is 5. The highest BCUT2D eigenvalue weighted by Gasteiger charge is 2.28. The Balaban J connectivity index is 1.94. The number of nitrogens with two attached hydrogens (primary N) is 1. The molecule has 1 aliphatic rings. The molecule has 2 atom stereocenters. The molecule has 0 spiro atoms. The Morgan fingerprint density at radius 3 is 2.56 bits per heavy atom. The Kier molecular flexibility index (Phi) is 4.77. The lowest BCUT2D eigenvalue weighted by atomic mass is 10.0. The predicted molar refractivity (Wildman–Crippen MR) is 94.5 cm³/mol. The second-order valence-corrected chi connectivity index (χ2v) is 7.65. The highest BCUT2D eigenvalue weighted by Crippen LogP contribution is 2.31. The third-order valence-electron chi connectivity index (χ3n) is 4.19. The van der Waals surface area contributed by atoms with Crippen molar-refractivity contribution in [3.63, 3.8) is 0 Å². The van der Waals surface area contributed by atoms with Gasteiger partial charge in [0.2, 0.25) is 10.0 Å². The number of nitriles is 1. The molecule has 0 aromatic heterocycles. The molecule has 7 heteroatoms. The standard InChI is InChI=1S/C18H19N3O3S/c1-13-11-21(12-18(24-13)14-5-3-2-4-6-14)17-8-7-16(25(20,22)23)9-15(17)10-19/h2-9,13,18H,11-12H2,1H3,(H2,20,22,23). The predicted octanol–water partition coefficient (Wildman–Crippen LogP) is 2.17. The van der Waals surface area contributed by atoms with E-state index in [0.29, 0.717) is 18.8 Å². The van der Waals surface area contributed by atoms with Gasteiger partial charge in [0.1, 0.15) is 12.2 Å². The van der Waals surface area contributed by atoms with E-state index in [1.165, 1.54) is 12.1 Å². The van der Waals surface area contributed by atoms with Crippen molar-refractivity contribution < 1.29 is 13.2 Å². The third-order valence-corrected chi connectivity index (χ3v) is 5.10. The molecule has 1 saturated heterocycles. The summed E-state index contributed by atoms with van der Waals surface area (Å²) < 4.78 is 29.1. The van der Waals surface area contributed by atoms with Crippen molar-refractivity contribution in [1.82, 2.24) is 0 Å². The number of rotatable bonds is 3. The molecule has 2 aromatic rings. The van der Waals surface area contributed by atoms with Crippen molar-refractivity contribution >= 4 is 15.7 Å². The molecule has 2 aromatic carbocycles. The first-order valence-electron chi connectivity index (χ1n) is 7.91. The van der Waals surface area contributed by atoms with Crippen LogP contribution in [0.4, 0.5) is 5.69 Å². The summed E-state index contributed by atoms with van der Waals surface area (Å²) in [4.78, 5) is 1.99. The number of nitrogens with zero attached hydrogens (tertiary/aromatic N) is 2. The topological polar surface area (TPSA) is 96.4 Å². The average molecular weight is 357 g/mol. The second-order valence-electron chi connectivity index (χ2n) is 6.09. The second kappa shape index (κ2) is 6.84. The fourth-order valence-electron chi connectivity index (χ4n) is 3.06. The number of primary sulfonamides is 1. The van der Waals surface area contributed by atoms with Crippen LogP contribution in [0, 0.1) is 11.3 Å². The van der Waals surface area contributed by atoms with Crippen molar-refractivity contribution in [2.45, 2.75) is 24.0 Å². The summed E-state index contributed by atoms with van der Waals surface area (Å²) in [7, 11) is -3.84. The van der Waals surface area contributed by atoms with Gasteiger partial charge in [0, 0.05) is 13.1 Å². The first kappa shape index (κ1) is 17.4. The molecule has 2 N–H and O–H groups in total. The maximum Gasteiger partial charge on any atom is 0.238 e. The lowest BCUT2D eigenvalue weighted by molar-refractivity contribution is -0.0173. The van der Waals surface area contributed by atoms with Gasteiger partial charge in [-0.25, -0.2) is 13.6 Å². The molecule has 1 fully saturated rings. The SMILES string of the molecule is CC1CN(c2ccc(S(N)(=O)=O)cc2C#N)CC(c2ccccc2)O1. The van der Waals surface area contributed by atoms with E-state index in [1.807, 2.05) is 37.3 Å². The molecular weight excluding hydrogens is 338 g/mol. The van der Waals surface area contributed by atoms with E-state index in [0.717, 1.165) is 5.56 Å². The van der Waals surface area contributed by atoms with E-state index in [2.05, 4.69) is 11.0 Å². The van der Waals surface area contributed by atoms with Gasteiger partial charge in [0.05, 0.1) is 22.3 Å². The number of anilines is 1. The van der Waals surface area contributed by atoms with Crippen LogP contribution in [-0.2, 0) is 14.8 Å². The summed E-state index contributed by atoms with van der Waals surface area (Å²) >= 11 is 0. The monoisotopic (exact) mass is 357 g/mol. The first-order valence-corrected chi connectivity index (χ1v) is 9.45. The highest BCUT2D eigenvalue weighted by atomic mass is 32.2. The molecule has 0 saturated carbocycles. The molecule has 6 nitrogen and oxygen atoms in total. The van der Waals surface area contributed by atoms with E-state index in [9.17, 15) is 13.7 Å². The van der Waals surface area contributed by atoms with Crippen LogP contribution < -0.4 is 10.0 Å². The van der Waals surface area contributed by atoms with Gasteiger partial charge in [-0.2, -0.15) is 5.26 Å². The Morgan fingerprint density at radius 2 is 1.92 bits per heavy atom. The number of sulfonamides is 1. The van der Waals surface area contributed by atoms with Gasteiger partial charge in [-0.05, 0) is 30.7 Å². The van der Waals surface area contributed by atoms with Crippen LogP contribution in [0.15, 0.2) is 53.4 Å². The quantitative estimate of drug-likeness (QED) is 0.908. The fraction of sp³-hybridized carbons (Fsp3) is 0.278. The van der Waals surface area contributed by atoms with Gasteiger partial charge in [-0.1, -0.05) is 30.3 Å². The fourth-order valence-corrected chi connectivity index (χ4v) is 3.60. The first-order chi connectivity index (χ1) is 11.9. The molecule has 0 amide bonds.